The first-order valence-corrected chi connectivity index (χ1v) is 7.52. The minimum Gasteiger partial charge on any atom is -0.408 e. The lowest BCUT2D eigenvalue weighted by Gasteiger charge is -2.32. The molecular weight excluding hydrogens is 297 g/mol. The maximum absolute atomic E-state index is 11.2. The average Bonchev–Trinajstić information content (AvgIpc) is 2.91. The first-order chi connectivity index (χ1) is 10.7. The fourth-order valence-corrected chi connectivity index (χ4v) is 2.45. The second-order valence-electron chi connectivity index (χ2n) is 6.74. The summed E-state index contributed by atoms with van der Waals surface area (Å²) in [4.78, 5) is 13.8. The van der Waals surface area contributed by atoms with Gasteiger partial charge in [-0.15, -0.1) is 0 Å². The number of aliphatic hydroxyl groups is 1. The fraction of sp³-hybridized carbons (Fsp3) is 0.438. The largest absolute Gasteiger partial charge is 0.492 e. The molecule has 1 aliphatic heterocycles. The summed E-state index contributed by atoms with van der Waals surface area (Å²) in [7, 11) is -0.612. The maximum atomic E-state index is 11.2. The molecule has 1 aromatic carbocycles. The van der Waals surface area contributed by atoms with E-state index in [9.17, 15) is 9.90 Å². The Kier molecular flexibility index (Phi) is 3.75. The molecule has 1 saturated heterocycles. The number of benzene rings is 1. The van der Waals surface area contributed by atoms with E-state index in [2.05, 4.69) is 4.98 Å². The third-order valence-corrected chi connectivity index (χ3v) is 4.54. The Balaban J connectivity index is 1.93. The molecule has 2 heterocycles. The molecule has 23 heavy (non-hydrogen) atoms. The maximum Gasteiger partial charge on any atom is 0.492 e. The summed E-state index contributed by atoms with van der Waals surface area (Å²) >= 11 is 0. The van der Waals surface area contributed by atoms with Crippen molar-refractivity contribution in [1.82, 2.24) is 4.98 Å². The van der Waals surface area contributed by atoms with Crippen LogP contribution in [0.15, 0.2) is 32.9 Å². The number of hydrogen-bond donors (Lipinski definition) is 2. The molecule has 0 radical (unpaired) electrons. The Bertz CT molecular complexity index is 801. The van der Waals surface area contributed by atoms with E-state index in [0.717, 1.165) is 5.56 Å². The number of aromatic amines is 1. The minimum absolute atomic E-state index is 0.189. The molecule has 0 aliphatic carbocycles. The summed E-state index contributed by atoms with van der Waals surface area (Å²) in [5.74, 6) is -0.491. The Morgan fingerprint density at radius 1 is 1.26 bits per heavy atom. The number of aromatic nitrogens is 1. The number of hydrogen-bond acceptors (Lipinski definition) is 5. The van der Waals surface area contributed by atoms with E-state index in [-0.39, 0.29) is 6.61 Å². The van der Waals surface area contributed by atoms with Gasteiger partial charge in [0.15, 0.2) is 5.58 Å². The molecule has 0 spiro atoms. The van der Waals surface area contributed by atoms with Crippen LogP contribution in [0, 0.1) is 0 Å². The van der Waals surface area contributed by atoms with Crippen LogP contribution in [0.3, 0.4) is 0 Å². The van der Waals surface area contributed by atoms with Crippen LogP contribution in [0.2, 0.25) is 0 Å². The highest BCUT2D eigenvalue weighted by Crippen LogP contribution is 2.38. The number of nitrogens with one attached hydrogen (secondary N) is 1. The van der Waals surface area contributed by atoms with Crippen molar-refractivity contribution >= 4 is 24.3 Å². The van der Waals surface area contributed by atoms with E-state index in [1.807, 2.05) is 33.8 Å². The van der Waals surface area contributed by atoms with Crippen LogP contribution in [-0.4, -0.2) is 35.0 Å². The van der Waals surface area contributed by atoms with E-state index < -0.39 is 24.1 Å². The lowest BCUT2D eigenvalue weighted by molar-refractivity contribution is 0.00578. The molecule has 0 unspecified atom stereocenters. The average molecular weight is 317 g/mol. The van der Waals surface area contributed by atoms with E-state index in [1.165, 1.54) is 0 Å². The van der Waals surface area contributed by atoms with Gasteiger partial charge < -0.3 is 18.8 Å². The topological polar surface area (TPSA) is 84.7 Å². The van der Waals surface area contributed by atoms with Crippen molar-refractivity contribution in [1.29, 1.82) is 0 Å². The first kappa shape index (κ1) is 16.0. The second kappa shape index (κ2) is 5.37. The lowest BCUT2D eigenvalue weighted by Crippen LogP contribution is -2.41. The minimum atomic E-state index is -0.612. The summed E-state index contributed by atoms with van der Waals surface area (Å²) in [6, 6.07) is 5.31. The Morgan fingerprint density at radius 3 is 2.52 bits per heavy atom. The standard InChI is InChI=1S/C16H20BNO5/c1-15(2)16(3,4)23-17(22-15)11(9-19)7-10-5-6-12-13(8-10)21-14(20)18-12/h5-8,19H,9H2,1-4H3,(H,18,20). The van der Waals surface area contributed by atoms with Gasteiger partial charge in [-0.1, -0.05) is 12.1 Å². The highest BCUT2D eigenvalue weighted by Gasteiger charge is 2.52. The third kappa shape index (κ3) is 2.87. The quantitative estimate of drug-likeness (QED) is 0.847. The van der Waals surface area contributed by atoms with Crippen molar-refractivity contribution < 1.29 is 18.8 Å². The Hall–Kier alpha value is -1.83. The first-order valence-electron chi connectivity index (χ1n) is 7.52. The molecule has 2 aromatic rings. The summed E-state index contributed by atoms with van der Waals surface area (Å²) in [6.45, 7) is 7.65. The van der Waals surface area contributed by atoms with Gasteiger partial charge in [0.2, 0.25) is 0 Å². The van der Waals surface area contributed by atoms with Crippen molar-refractivity contribution in [2.45, 2.75) is 38.9 Å². The summed E-state index contributed by atoms with van der Waals surface area (Å²) < 4.78 is 17.0. The molecule has 6 nitrogen and oxygen atoms in total. The monoisotopic (exact) mass is 317 g/mol. The SMILES string of the molecule is CC1(C)OB(C(=Cc2ccc3[nH]c(=O)oc3c2)CO)OC1(C)C. The number of rotatable bonds is 3. The van der Waals surface area contributed by atoms with Crippen LogP contribution in [0.4, 0.5) is 0 Å². The van der Waals surface area contributed by atoms with Crippen LogP contribution >= 0.6 is 0 Å². The number of H-pyrrole nitrogens is 1. The van der Waals surface area contributed by atoms with Crippen molar-refractivity contribution in [2.75, 3.05) is 6.61 Å². The molecule has 3 rings (SSSR count). The Labute approximate surface area is 134 Å². The second-order valence-corrected chi connectivity index (χ2v) is 6.74. The van der Waals surface area contributed by atoms with Gasteiger partial charge >= 0.3 is 12.9 Å². The molecule has 0 atom stereocenters. The summed E-state index contributed by atoms with van der Waals surface area (Å²) in [6.07, 6.45) is 1.79. The van der Waals surface area contributed by atoms with Crippen molar-refractivity contribution in [3.8, 4) is 0 Å². The number of aliphatic hydroxyl groups excluding tert-OH is 1. The number of oxazole rings is 1. The van der Waals surface area contributed by atoms with Gasteiger partial charge in [-0.2, -0.15) is 0 Å². The molecule has 0 bridgehead atoms. The molecule has 0 saturated carbocycles. The van der Waals surface area contributed by atoms with Gasteiger partial charge in [0.1, 0.15) is 0 Å². The lowest BCUT2D eigenvalue weighted by atomic mass is 9.77. The highest BCUT2D eigenvalue weighted by atomic mass is 16.7. The summed E-state index contributed by atoms with van der Waals surface area (Å²) in [5.41, 5.74) is 1.57. The van der Waals surface area contributed by atoms with E-state index >= 15 is 0 Å². The predicted octanol–water partition coefficient (Wildman–Crippen LogP) is 2.13. The van der Waals surface area contributed by atoms with Gasteiger partial charge in [0, 0.05) is 0 Å². The summed E-state index contributed by atoms with van der Waals surface area (Å²) in [5, 5.41) is 9.70. The molecule has 1 fully saturated rings. The third-order valence-electron chi connectivity index (χ3n) is 4.54. The van der Waals surface area contributed by atoms with Crippen molar-refractivity contribution in [2.24, 2.45) is 0 Å². The zero-order chi connectivity index (χ0) is 16.8. The molecule has 0 amide bonds. The van der Waals surface area contributed by atoms with E-state index in [1.54, 1.807) is 18.2 Å². The molecular formula is C16H20BNO5. The predicted molar refractivity (Wildman–Crippen MR) is 88.0 cm³/mol. The molecule has 2 N–H and O–H groups in total. The Morgan fingerprint density at radius 2 is 1.91 bits per heavy atom. The van der Waals surface area contributed by atoms with Crippen LogP contribution < -0.4 is 5.76 Å². The van der Waals surface area contributed by atoms with E-state index in [4.69, 9.17) is 13.7 Å². The molecule has 1 aromatic heterocycles. The van der Waals surface area contributed by atoms with Gasteiger partial charge in [-0.3, -0.25) is 4.98 Å². The highest BCUT2D eigenvalue weighted by molar-refractivity contribution is 6.55. The van der Waals surface area contributed by atoms with Crippen LogP contribution in [0.25, 0.3) is 17.2 Å². The molecule has 7 heteroatoms. The van der Waals surface area contributed by atoms with E-state index in [0.29, 0.717) is 16.6 Å². The zero-order valence-corrected chi connectivity index (χ0v) is 13.7. The van der Waals surface area contributed by atoms with Gasteiger partial charge in [-0.05, 0) is 50.9 Å². The van der Waals surface area contributed by atoms with Crippen molar-refractivity contribution in [3.63, 3.8) is 0 Å². The molecule has 122 valence electrons. The zero-order valence-electron chi connectivity index (χ0n) is 13.7. The van der Waals surface area contributed by atoms with Crippen LogP contribution in [-0.2, 0) is 9.31 Å². The number of fused-ring (bicyclic) bond motifs is 1. The van der Waals surface area contributed by atoms with Crippen molar-refractivity contribution in [3.05, 3.63) is 39.8 Å². The normalized spacial score (nSPS) is 20.4. The van der Waals surface area contributed by atoms with Crippen LogP contribution in [0.5, 0.6) is 0 Å². The molecule has 1 aliphatic rings. The van der Waals surface area contributed by atoms with Gasteiger partial charge in [0.05, 0.1) is 23.3 Å². The smallest absolute Gasteiger partial charge is 0.408 e. The fourth-order valence-electron chi connectivity index (χ4n) is 2.45. The van der Waals surface area contributed by atoms with Gasteiger partial charge in [0.25, 0.3) is 0 Å². The van der Waals surface area contributed by atoms with Gasteiger partial charge in [-0.25, -0.2) is 4.79 Å². The van der Waals surface area contributed by atoms with Crippen LogP contribution in [0.1, 0.15) is 33.3 Å².